The van der Waals surface area contributed by atoms with Crippen LogP contribution >= 0.6 is 12.4 Å². The Kier molecular flexibility index (Phi) is 6.33. The van der Waals surface area contributed by atoms with Gasteiger partial charge in [-0.2, -0.15) is 0 Å². The number of nitro benzene ring substituents is 1. The van der Waals surface area contributed by atoms with Crippen LogP contribution in [0.1, 0.15) is 22.3 Å². The minimum Gasteiger partial charge on any atom is -0.348 e. The maximum atomic E-state index is 12.1. The first-order valence-electron chi connectivity index (χ1n) is 6.50. The molecule has 1 amide bonds. The summed E-state index contributed by atoms with van der Waals surface area (Å²) in [7, 11) is 0. The highest BCUT2D eigenvalue weighted by atomic mass is 35.5. The number of carbonyl (C=O) groups excluding carboxylic acids is 1. The first-order chi connectivity index (χ1) is 9.59. The lowest BCUT2D eigenvalue weighted by atomic mass is 10.1. The highest BCUT2D eigenvalue weighted by molar-refractivity contribution is 5.96. The number of hydrogen-bond donors (Lipinski definition) is 2. The molecule has 21 heavy (non-hydrogen) atoms. The van der Waals surface area contributed by atoms with Gasteiger partial charge in [0.1, 0.15) is 0 Å². The van der Waals surface area contributed by atoms with Crippen LogP contribution in [0.4, 0.5) is 5.69 Å². The van der Waals surface area contributed by atoms with E-state index in [1.807, 2.05) is 0 Å². The second-order valence-electron chi connectivity index (χ2n) is 4.71. The minimum absolute atomic E-state index is 0. The van der Waals surface area contributed by atoms with E-state index in [1.54, 1.807) is 13.0 Å². The van der Waals surface area contributed by atoms with E-state index in [4.69, 9.17) is 0 Å². The Balaban J connectivity index is 0.00000220. The number of rotatable bonds is 4. The lowest BCUT2D eigenvalue weighted by Crippen LogP contribution is -2.30. The zero-order valence-corrected chi connectivity index (χ0v) is 12.5. The van der Waals surface area contributed by atoms with Gasteiger partial charge in [-0.3, -0.25) is 14.9 Å². The maximum absolute atomic E-state index is 12.1. The number of benzene rings is 1. The highest BCUT2D eigenvalue weighted by Crippen LogP contribution is 2.20. The van der Waals surface area contributed by atoms with Gasteiger partial charge >= 0.3 is 0 Å². The molecule has 114 valence electrons. The SMILES string of the molecule is Cc1c(C(=O)NCC2=CCNCC2)cccc1[N+](=O)[O-].Cl. The van der Waals surface area contributed by atoms with Crippen LogP contribution in [0.2, 0.25) is 0 Å². The second-order valence-corrected chi connectivity index (χ2v) is 4.71. The molecule has 6 nitrogen and oxygen atoms in total. The molecular weight excluding hydrogens is 294 g/mol. The van der Waals surface area contributed by atoms with E-state index in [2.05, 4.69) is 16.7 Å². The molecule has 1 heterocycles. The van der Waals surface area contributed by atoms with Crippen LogP contribution in [0.25, 0.3) is 0 Å². The van der Waals surface area contributed by atoms with Gasteiger partial charge in [-0.25, -0.2) is 0 Å². The molecule has 0 aromatic heterocycles. The predicted molar refractivity (Wildman–Crippen MR) is 83.0 cm³/mol. The molecule has 1 aliphatic rings. The molecular formula is C14H18ClN3O3. The third-order valence-corrected chi connectivity index (χ3v) is 3.38. The van der Waals surface area contributed by atoms with Crippen molar-refractivity contribution in [2.75, 3.05) is 19.6 Å². The summed E-state index contributed by atoms with van der Waals surface area (Å²) in [4.78, 5) is 22.5. The molecule has 0 unspecified atom stereocenters. The number of nitrogens with one attached hydrogen (secondary N) is 2. The zero-order valence-electron chi connectivity index (χ0n) is 11.7. The summed E-state index contributed by atoms with van der Waals surface area (Å²) in [6, 6.07) is 4.54. The standard InChI is InChI=1S/C14H17N3O3.ClH/c1-10-12(3-2-4-13(10)17(19)20)14(18)16-9-11-5-7-15-8-6-11;/h2-5,15H,6-9H2,1H3,(H,16,18);1H. The van der Waals surface area contributed by atoms with E-state index < -0.39 is 4.92 Å². The van der Waals surface area contributed by atoms with Crippen molar-refractivity contribution in [3.8, 4) is 0 Å². The molecule has 0 saturated heterocycles. The summed E-state index contributed by atoms with van der Waals surface area (Å²) in [6.07, 6.45) is 2.97. The Labute approximate surface area is 129 Å². The minimum atomic E-state index is -0.471. The number of halogens is 1. The van der Waals surface area contributed by atoms with Crippen LogP contribution in [0, 0.1) is 17.0 Å². The Hall–Kier alpha value is -1.92. The summed E-state index contributed by atoms with van der Waals surface area (Å²) in [5, 5.41) is 16.9. The number of nitro groups is 1. The van der Waals surface area contributed by atoms with Gasteiger partial charge in [-0.1, -0.05) is 17.7 Å². The average molecular weight is 312 g/mol. The molecule has 1 aromatic rings. The monoisotopic (exact) mass is 311 g/mol. The molecule has 0 saturated carbocycles. The van der Waals surface area contributed by atoms with Crippen molar-refractivity contribution in [1.29, 1.82) is 0 Å². The maximum Gasteiger partial charge on any atom is 0.273 e. The fraction of sp³-hybridized carbons (Fsp3) is 0.357. The first-order valence-corrected chi connectivity index (χ1v) is 6.50. The first kappa shape index (κ1) is 17.1. The molecule has 0 fully saturated rings. The molecule has 0 radical (unpaired) electrons. The van der Waals surface area contributed by atoms with Crippen molar-refractivity contribution in [3.05, 3.63) is 51.1 Å². The molecule has 1 aliphatic heterocycles. The summed E-state index contributed by atoms with van der Waals surface area (Å²) in [6.45, 7) is 3.82. The topological polar surface area (TPSA) is 84.3 Å². The predicted octanol–water partition coefficient (Wildman–Crippen LogP) is 1.97. The summed E-state index contributed by atoms with van der Waals surface area (Å²) in [5.41, 5.74) is 1.90. The zero-order chi connectivity index (χ0) is 14.5. The van der Waals surface area contributed by atoms with Crippen LogP contribution in [0.5, 0.6) is 0 Å². The lowest BCUT2D eigenvalue weighted by molar-refractivity contribution is -0.385. The number of nitrogens with zero attached hydrogens (tertiary/aromatic N) is 1. The number of hydrogen-bond acceptors (Lipinski definition) is 4. The number of carbonyl (C=O) groups is 1. The molecule has 0 bridgehead atoms. The normalized spacial score (nSPS) is 13.9. The van der Waals surface area contributed by atoms with E-state index in [1.165, 1.54) is 17.7 Å². The Morgan fingerprint density at radius 1 is 1.48 bits per heavy atom. The van der Waals surface area contributed by atoms with Crippen LogP contribution in [0.3, 0.4) is 0 Å². The smallest absolute Gasteiger partial charge is 0.273 e. The van der Waals surface area contributed by atoms with Gasteiger partial charge in [0.15, 0.2) is 0 Å². The highest BCUT2D eigenvalue weighted by Gasteiger charge is 2.17. The lowest BCUT2D eigenvalue weighted by Gasteiger charge is -2.15. The van der Waals surface area contributed by atoms with Gasteiger partial charge in [0.25, 0.3) is 11.6 Å². The van der Waals surface area contributed by atoms with E-state index in [0.29, 0.717) is 17.7 Å². The third kappa shape index (κ3) is 4.27. The third-order valence-electron chi connectivity index (χ3n) is 3.38. The van der Waals surface area contributed by atoms with E-state index in [0.717, 1.165) is 19.5 Å². The van der Waals surface area contributed by atoms with Crippen LogP contribution in [-0.4, -0.2) is 30.5 Å². The Morgan fingerprint density at radius 3 is 2.86 bits per heavy atom. The molecule has 2 N–H and O–H groups in total. The Bertz CT molecular complexity index is 573. The summed E-state index contributed by atoms with van der Waals surface area (Å²) >= 11 is 0. The van der Waals surface area contributed by atoms with Gasteiger partial charge in [0.2, 0.25) is 0 Å². The van der Waals surface area contributed by atoms with Crippen molar-refractivity contribution in [2.24, 2.45) is 0 Å². The quantitative estimate of drug-likeness (QED) is 0.506. The Morgan fingerprint density at radius 2 is 2.24 bits per heavy atom. The summed E-state index contributed by atoms with van der Waals surface area (Å²) in [5.74, 6) is -0.273. The van der Waals surface area contributed by atoms with Crippen molar-refractivity contribution in [3.63, 3.8) is 0 Å². The average Bonchev–Trinajstić information content (AvgIpc) is 2.46. The van der Waals surface area contributed by atoms with E-state index in [9.17, 15) is 14.9 Å². The molecule has 0 aliphatic carbocycles. The number of amides is 1. The summed E-state index contributed by atoms with van der Waals surface area (Å²) < 4.78 is 0. The van der Waals surface area contributed by atoms with Gasteiger partial charge in [-0.05, 0) is 26.0 Å². The molecule has 0 atom stereocenters. The van der Waals surface area contributed by atoms with Crippen molar-refractivity contribution < 1.29 is 9.72 Å². The van der Waals surface area contributed by atoms with Gasteiger partial charge in [-0.15, -0.1) is 12.4 Å². The fourth-order valence-electron chi connectivity index (χ4n) is 2.19. The van der Waals surface area contributed by atoms with Crippen molar-refractivity contribution in [2.45, 2.75) is 13.3 Å². The van der Waals surface area contributed by atoms with E-state index >= 15 is 0 Å². The van der Waals surface area contributed by atoms with Crippen LogP contribution < -0.4 is 10.6 Å². The van der Waals surface area contributed by atoms with Gasteiger partial charge in [0, 0.05) is 30.3 Å². The molecule has 1 aromatic carbocycles. The molecule has 7 heteroatoms. The molecule has 2 rings (SSSR count). The van der Waals surface area contributed by atoms with E-state index in [-0.39, 0.29) is 24.0 Å². The van der Waals surface area contributed by atoms with Crippen molar-refractivity contribution in [1.82, 2.24) is 10.6 Å². The van der Waals surface area contributed by atoms with Crippen LogP contribution in [0.15, 0.2) is 29.8 Å². The van der Waals surface area contributed by atoms with Crippen LogP contribution in [-0.2, 0) is 0 Å². The van der Waals surface area contributed by atoms with Gasteiger partial charge < -0.3 is 10.6 Å². The van der Waals surface area contributed by atoms with Gasteiger partial charge in [0.05, 0.1) is 4.92 Å². The second kappa shape index (κ2) is 7.75. The molecule has 0 spiro atoms. The largest absolute Gasteiger partial charge is 0.348 e. The fourth-order valence-corrected chi connectivity index (χ4v) is 2.19. The van der Waals surface area contributed by atoms with Crippen molar-refractivity contribution >= 4 is 24.0 Å².